The summed E-state index contributed by atoms with van der Waals surface area (Å²) in [5.74, 6) is 1.05. The highest BCUT2D eigenvalue weighted by molar-refractivity contribution is 5.79. The molecule has 3 heteroatoms. The number of likely N-dealkylation sites (tertiary alicyclic amines) is 1. The van der Waals surface area contributed by atoms with Crippen molar-refractivity contribution in [3.05, 3.63) is 35.4 Å². The molecule has 2 N–H and O–H groups in total. The summed E-state index contributed by atoms with van der Waals surface area (Å²) in [4.78, 5) is 14.9. The number of amides is 1. The molecule has 0 radical (unpaired) electrons. The molecule has 0 aromatic heterocycles. The largest absolute Gasteiger partial charge is 0.339 e. The van der Waals surface area contributed by atoms with Crippen molar-refractivity contribution in [3.8, 4) is 0 Å². The third kappa shape index (κ3) is 3.13. The Morgan fingerprint density at radius 2 is 1.81 bits per heavy atom. The Kier molecular flexibility index (Phi) is 4.59. The van der Waals surface area contributed by atoms with Crippen LogP contribution in [0.5, 0.6) is 0 Å². The van der Waals surface area contributed by atoms with Crippen molar-refractivity contribution in [3.63, 3.8) is 0 Å². The van der Waals surface area contributed by atoms with Crippen molar-refractivity contribution in [2.24, 2.45) is 11.7 Å². The van der Waals surface area contributed by atoms with Crippen LogP contribution < -0.4 is 5.73 Å². The standard InChI is InChI=1S/C18H26N2O/c19-13-16-9-4-3-8-15(16)12-18(21)20-11-5-10-17(20)14-6-1-2-7-14/h3-4,8-9,14,17H,1-2,5-7,10-13,19H2. The Balaban J connectivity index is 1.69. The van der Waals surface area contributed by atoms with Crippen LogP contribution in [0.3, 0.4) is 0 Å². The Hall–Kier alpha value is -1.35. The van der Waals surface area contributed by atoms with Gasteiger partial charge in [-0.2, -0.15) is 0 Å². The number of hydrogen-bond donors (Lipinski definition) is 1. The molecule has 114 valence electrons. The van der Waals surface area contributed by atoms with Gasteiger partial charge in [0.25, 0.3) is 0 Å². The van der Waals surface area contributed by atoms with Crippen molar-refractivity contribution in [2.75, 3.05) is 6.54 Å². The van der Waals surface area contributed by atoms with Gasteiger partial charge in [0, 0.05) is 19.1 Å². The fourth-order valence-corrected chi connectivity index (χ4v) is 4.13. The van der Waals surface area contributed by atoms with Crippen molar-refractivity contribution in [1.82, 2.24) is 4.90 Å². The highest BCUT2D eigenvalue weighted by Gasteiger charge is 2.35. The van der Waals surface area contributed by atoms with Gasteiger partial charge in [0.15, 0.2) is 0 Å². The first kappa shape index (κ1) is 14.6. The molecular weight excluding hydrogens is 260 g/mol. The van der Waals surface area contributed by atoms with Gasteiger partial charge >= 0.3 is 0 Å². The highest BCUT2D eigenvalue weighted by atomic mass is 16.2. The van der Waals surface area contributed by atoms with E-state index in [0.717, 1.165) is 23.6 Å². The van der Waals surface area contributed by atoms with E-state index in [1.165, 1.54) is 38.5 Å². The summed E-state index contributed by atoms with van der Waals surface area (Å²) in [6, 6.07) is 8.57. The number of nitrogens with two attached hydrogens (primary N) is 1. The molecule has 2 aliphatic rings. The van der Waals surface area contributed by atoms with Crippen LogP contribution in [-0.2, 0) is 17.8 Å². The van der Waals surface area contributed by atoms with Gasteiger partial charge in [-0.25, -0.2) is 0 Å². The maximum atomic E-state index is 12.7. The van der Waals surface area contributed by atoms with Gasteiger partial charge in [-0.05, 0) is 42.7 Å². The fraction of sp³-hybridized carbons (Fsp3) is 0.611. The number of carbonyl (C=O) groups excluding carboxylic acids is 1. The lowest BCUT2D eigenvalue weighted by molar-refractivity contribution is -0.132. The molecule has 1 aromatic carbocycles. The summed E-state index contributed by atoms with van der Waals surface area (Å²) in [6.45, 7) is 1.46. The first-order valence-corrected chi connectivity index (χ1v) is 8.36. The highest BCUT2D eigenvalue weighted by Crippen LogP contribution is 2.35. The lowest BCUT2D eigenvalue weighted by Gasteiger charge is -2.29. The van der Waals surface area contributed by atoms with E-state index in [4.69, 9.17) is 5.73 Å². The number of rotatable bonds is 4. The topological polar surface area (TPSA) is 46.3 Å². The zero-order chi connectivity index (χ0) is 14.7. The maximum absolute atomic E-state index is 12.7. The summed E-state index contributed by atoms with van der Waals surface area (Å²) in [5.41, 5.74) is 7.98. The summed E-state index contributed by atoms with van der Waals surface area (Å²) >= 11 is 0. The third-order valence-electron chi connectivity index (χ3n) is 5.24. The van der Waals surface area contributed by atoms with Crippen molar-refractivity contribution in [1.29, 1.82) is 0 Å². The Morgan fingerprint density at radius 3 is 2.52 bits per heavy atom. The van der Waals surface area contributed by atoms with Gasteiger partial charge in [0.2, 0.25) is 5.91 Å². The molecule has 1 saturated heterocycles. The smallest absolute Gasteiger partial charge is 0.227 e. The first-order valence-electron chi connectivity index (χ1n) is 8.36. The van der Waals surface area contributed by atoms with Gasteiger partial charge in [-0.15, -0.1) is 0 Å². The molecule has 1 heterocycles. The molecule has 0 bridgehead atoms. The SMILES string of the molecule is NCc1ccccc1CC(=O)N1CCCC1C1CCCC1. The second-order valence-corrected chi connectivity index (χ2v) is 6.49. The third-order valence-corrected chi connectivity index (χ3v) is 5.24. The van der Waals surface area contributed by atoms with Crippen LogP contribution in [0.1, 0.15) is 49.7 Å². The molecule has 1 aliphatic carbocycles. The molecule has 1 aliphatic heterocycles. The molecule has 2 fully saturated rings. The summed E-state index contributed by atoms with van der Waals surface area (Å²) in [6.07, 6.45) is 8.21. The molecule has 1 saturated carbocycles. The number of carbonyl (C=O) groups is 1. The molecular formula is C18H26N2O. The summed E-state index contributed by atoms with van der Waals surface area (Å²) in [7, 11) is 0. The van der Waals surface area contributed by atoms with E-state index in [9.17, 15) is 4.79 Å². The van der Waals surface area contributed by atoms with E-state index in [2.05, 4.69) is 4.90 Å². The lowest BCUT2D eigenvalue weighted by Crippen LogP contribution is -2.40. The Labute approximate surface area is 127 Å². The van der Waals surface area contributed by atoms with E-state index in [1.807, 2.05) is 24.3 Å². The van der Waals surface area contributed by atoms with Crippen LogP contribution in [0, 0.1) is 5.92 Å². The second kappa shape index (κ2) is 6.61. The predicted octanol–water partition coefficient (Wildman–Crippen LogP) is 2.87. The number of benzene rings is 1. The van der Waals surface area contributed by atoms with Gasteiger partial charge in [0.1, 0.15) is 0 Å². The molecule has 3 rings (SSSR count). The van der Waals surface area contributed by atoms with Gasteiger partial charge in [-0.1, -0.05) is 37.1 Å². The normalized spacial score (nSPS) is 22.9. The Bertz CT molecular complexity index is 494. The second-order valence-electron chi connectivity index (χ2n) is 6.49. The minimum atomic E-state index is 0.297. The molecule has 21 heavy (non-hydrogen) atoms. The molecule has 1 aromatic rings. The number of nitrogens with zero attached hydrogens (tertiary/aromatic N) is 1. The maximum Gasteiger partial charge on any atom is 0.227 e. The lowest BCUT2D eigenvalue weighted by atomic mass is 9.95. The van der Waals surface area contributed by atoms with Crippen molar-refractivity contribution < 1.29 is 4.79 Å². The van der Waals surface area contributed by atoms with E-state index in [0.29, 0.717) is 24.9 Å². The van der Waals surface area contributed by atoms with E-state index < -0.39 is 0 Å². The predicted molar refractivity (Wildman–Crippen MR) is 84.7 cm³/mol. The number of hydrogen-bond acceptors (Lipinski definition) is 2. The van der Waals surface area contributed by atoms with Crippen molar-refractivity contribution in [2.45, 2.75) is 57.5 Å². The zero-order valence-corrected chi connectivity index (χ0v) is 12.8. The van der Waals surface area contributed by atoms with Gasteiger partial charge in [0.05, 0.1) is 6.42 Å². The van der Waals surface area contributed by atoms with Crippen LogP contribution >= 0.6 is 0 Å². The van der Waals surface area contributed by atoms with Crippen molar-refractivity contribution >= 4 is 5.91 Å². The van der Waals surface area contributed by atoms with Gasteiger partial charge < -0.3 is 10.6 Å². The Morgan fingerprint density at radius 1 is 1.10 bits per heavy atom. The summed E-state index contributed by atoms with van der Waals surface area (Å²) in [5, 5.41) is 0. The fourth-order valence-electron chi connectivity index (χ4n) is 4.13. The van der Waals surface area contributed by atoms with Crippen LogP contribution in [0.15, 0.2) is 24.3 Å². The van der Waals surface area contributed by atoms with Crippen LogP contribution in [-0.4, -0.2) is 23.4 Å². The first-order chi connectivity index (χ1) is 10.3. The minimum Gasteiger partial charge on any atom is -0.339 e. The molecule has 1 atom stereocenters. The zero-order valence-electron chi connectivity index (χ0n) is 12.8. The minimum absolute atomic E-state index is 0.297. The van der Waals surface area contributed by atoms with Crippen LogP contribution in [0.25, 0.3) is 0 Å². The summed E-state index contributed by atoms with van der Waals surface area (Å²) < 4.78 is 0. The van der Waals surface area contributed by atoms with E-state index in [1.54, 1.807) is 0 Å². The molecule has 1 unspecified atom stereocenters. The monoisotopic (exact) mass is 286 g/mol. The average molecular weight is 286 g/mol. The average Bonchev–Trinajstić information content (AvgIpc) is 3.18. The van der Waals surface area contributed by atoms with E-state index in [-0.39, 0.29) is 0 Å². The molecule has 3 nitrogen and oxygen atoms in total. The van der Waals surface area contributed by atoms with Gasteiger partial charge in [-0.3, -0.25) is 4.79 Å². The molecule has 1 amide bonds. The molecule has 0 spiro atoms. The van der Waals surface area contributed by atoms with Crippen LogP contribution in [0.2, 0.25) is 0 Å². The quantitative estimate of drug-likeness (QED) is 0.925. The van der Waals surface area contributed by atoms with E-state index >= 15 is 0 Å². The van der Waals surface area contributed by atoms with Crippen LogP contribution in [0.4, 0.5) is 0 Å².